The highest BCUT2D eigenvalue weighted by molar-refractivity contribution is 7.96. The maximum Gasteiger partial charge on any atom is 0.255 e. The summed E-state index contributed by atoms with van der Waals surface area (Å²) < 4.78 is 29.0. The fourth-order valence-corrected chi connectivity index (χ4v) is 6.00. The van der Waals surface area contributed by atoms with Crippen molar-refractivity contribution in [2.45, 2.75) is 108 Å². The molecule has 0 N–H and O–H groups in total. The topological polar surface area (TPSA) is 17.1 Å². The molecular weight excluding hydrogens is 446 g/mol. The smallest absolute Gasteiger partial charge is 0.255 e. The molecule has 34 heavy (non-hydrogen) atoms. The van der Waals surface area contributed by atoms with Gasteiger partial charge < -0.3 is 0 Å². The number of halogens is 2. The quantitative estimate of drug-likeness (QED) is 0.166. The Bertz CT molecular complexity index is 809. The van der Waals surface area contributed by atoms with Crippen LogP contribution in [0.5, 0.6) is 0 Å². The van der Waals surface area contributed by atoms with Crippen molar-refractivity contribution in [2.75, 3.05) is 0 Å². The zero-order valence-electron chi connectivity index (χ0n) is 20.7. The molecule has 0 amide bonds. The lowest BCUT2D eigenvalue weighted by atomic mass is 9.69. The van der Waals surface area contributed by atoms with Crippen LogP contribution in [0.15, 0.2) is 48.6 Å². The molecule has 0 aliphatic heterocycles. The third-order valence-corrected chi connectivity index (χ3v) is 8.28. The minimum absolute atomic E-state index is 0.321. The molecule has 1 aromatic carbocycles. The van der Waals surface area contributed by atoms with Crippen LogP contribution in [0.4, 0.5) is 8.78 Å². The van der Waals surface area contributed by atoms with Crippen LogP contribution in [0.3, 0.4) is 0 Å². The highest BCUT2D eigenvalue weighted by atomic mass is 32.1. The van der Waals surface area contributed by atoms with E-state index in [9.17, 15) is 13.6 Å². The van der Waals surface area contributed by atoms with Gasteiger partial charge in [0.1, 0.15) is 0 Å². The lowest BCUT2D eigenvalue weighted by Crippen LogP contribution is -2.34. The van der Waals surface area contributed by atoms with E-state index in [1.165, 1.54) is 82.8 Å². The summed E-state index contributed by atoms with van der Waals surface area (Å²) >= 11 is 3.87. The Hall–Kier alpha value is -1.42. The molecule has 1 fully saturated rings. The Morgan fingerprint density at radius 2 is 1.53 bits per heavy atom. The monoisotopic (exact) mass is 488 g/mol. The zero-order chi connectivity index (χ0) is 24.4. The third-order valence-electron chi connectivity index (χ3n) is 7.98. The van der Waals surface area contributed by atoms with Gasteiger partial charge >= 0.3 is 0 Å². The molecule has 1 nitrogen and oxygen atoms in total. The van der Waals surface area contributed by atoms with E-state index in [0.717, 1.165) is 24.3 Å². The van der Waals surface area contributed by atoms with Crippen molar-refractivity contribution in [2.24, 2.45) is 11.8 Å². The first-order chi connectivity index (χ1) is 16.5. The summed E-state index contributed by atoms with van der Waals surface area (Å²) in [5, 5.41) is -0.321. The summed E-state index contributed by atoms with van der Waals surface area (Å²) in [4.78, 5) is 11.6. The summed E-state index contributed by atoms with van der Waals surface area (Å²) in [6.07, 6.45) is 20.4. The van der Waals surface area contributed by atoms with E-state index in [2.05, 4.69) is 19.6 Å². The maximum atomic E-state index is 14.5. The molecule has 0 radical (unpaired) electrons. The first-order valence-electron chi connectivity index (χ1n) is 13.5. The second-order valence-corrected chi connectivity index (χ2v) is 10.8. The summed E-state index contributed by atoms with van der Waals surface area (Å²) in [6, 6.07) is 7.72. The number of carbonyl (C=O) groups excluding carboxylic acids is 1. The van der Waals surface area contributed by atoms with Crippen molar-refractivity contribution in [1.82, 2.24) is 0 Å². The molecule has 188 valence electrons. The summed E-state index contributed by atoms with van der Waals surface area (Å²) in [5.74, 6) is 0.575. The minimum Gasteiger partial charge on any atom is -0.286 e. The van der Waals surface area contributed by atoms with Gasteiger partial charge in [0, 0.05) is 0 Å². The number of thiol groups is 1. The number of carbonyl (C=O) groups is 1. The van der Waals surface area contributed by atoms with Crippen molar-refractivity contribution in [3.63, 3.8) is 0 Å². The van der Waals surface area contributed by atoms with Crippen molar-refractivity contribution in [1.29, 1.82) is 0 Å². The van der Waals surface area contributed by atoms with Gasteiger partial charge in [-0.15, -0.1) is 12.6 Å². The van der Waals surface area contributed by atoms with E-state index in [1.807, 2.05) is 24.3 Å². The number of rotatable bonds is 13. The van der Waals surface area contributed by atoms with Crippen molar-refractivity contribution in [3.05, 3.63) is 59.7 Å². The number of alkyl halides is 2. The molecule has 0 spiro atoms. The van der Waals surface area contributed by atoms with Crippen molar-refractivity contribution < 1.29 is 13.6 Å². The van der Waals surface area contributed by atoms with Crippen LogP contribution in [0.2, 0.25) is 0 Å². The first-order valence-corrected chi connectivity index (χ1v) is 13.9. The maximum absolute atomic E-state index is 14.5. The predicted octanol–water partition coefficient (Wildman–Crippen LogP) is 9.19. The zero-order valence-corrected chi connectivity index (χ0v) is 21.6. The van der Waals surface area contributed by atoms with E-state index in [4.69, 9.17) is 0 Å². The van der Waals surface area contributed by atoms with Crippen LogP contribution in [-0.2, 0) is 10.2 Å². The Morgan fingerprint density at radius 1 is 0.941 bits per heavy atom. The van der Waals surface area contributed by atoms with Gasteiger partial charge in [0.05, 0.1) is 11.3 Å². The molecule has 0 heterocycles. The number of allylic oxidation sites excluding steroid dienone is 4. The van der Waals surface area contributed by atoms with Gasteiger partial charge in [0.25, 0.3) is 6.43 Å². The Balaban J connectivity index is 1.56. The number of unbranched alkanes of at least 4 members (excludes halogenated alkanes) is 7. The summed E-state index contributed by atoms with van der Waals surface area (Å²) in [7, 11) is 0. The van der Waals surface area contributed by atoms with E-state index in [-0.39, 0.29) is 5.12 Å². The highest BCUT2D eigenvalue weighted by Gasteiger charge is 2.41. The lowest BCUT2D eigenvalue weighted by Gasteiger charge is -2.36. The van der Waals surface area contributed by atoms with Crippen molar-refractivity contribution in [3.8, 4) is 0 Å². The molecule has 0 aromatic heterocycles. The molecule has 0 atom stereocenters. The van der Waals surface area contributed by atoms with Gasteiger partial charge in [0.15, 0.2) is 5.12 Å². The van der Waals surface area contributed by atoms with Gasteiger partial charge in [0.2, 0.25) is 0 Å². The molecule has 1 saturated carbocycles. The molecule has 3 rings (SSSR count). The lowest BCUT2D eigenvalue weighted by molar-refractivity contribution is -0.112. The number of hydrogen-bond acceptors (Lipinski definition) is 1. The molecular formula is C30H42F2OS. The van der Waals surface area contributed by atoms with E-state index < -0.39 is 17.8 Å². The number of benzene rings is 1. The van der Waals surface area contributed by atoms with E-state index in [1.54, 1.807) is 12.2 Å². The fraction of sp³-hybridized carbons (Fsp3) is 0.633. The predicted molar refractivity (Wildman–Crippen MR) is 142 cm³/mol. The molecule has 0 bridgehead atoms. The normalized spacial score (nSPS) is 26.8. The van der Waals surface area contributed by atoms with Gasteiger partial charge in [-0.25, -0.2) is 8.78 Å². The van der Waals surface area contributed by atoms with Gasteiger partial charge in [-0.2, -0.15) is 0 Å². The Labute approximate surface area is 210 Å². The minimum atomic E-state index is -2.57. The van der Waals surface area contributed by atoms with Gasteiger partial charge in [-0.1, -0.05) is 113 Å². The van der Waals surface area contributed by atoms with Crippen LogP contribution in [0.1, 0.15) is 107 Å². The molecule has 1 aromatic rings. The van der Waals surface area contributed by atoms with E-state index in [0.29, 0.717) is 11.5 Å². The van der Waals surface area contributed by atoms with Crippen molar-refractivity contribution >= 4 is 17.7 Å². The SMILES string of the molecule is CCCCCCCCCC[C@H]1CC[C@H](c2ccccc2C2(C(F)F)C=CC(C(=O)S)C=C2)CC1. The van der Waals surface area contributed by atoms with Crippen LogP contribution in [0, 0.1) is 11.8 Å². The fourth-order valence-electron chi connectivity index (χ4n) is 5.83. The molecule has 4 heteroatoms. The third kappa shape index (κ3) is 7.06. The molecule has 2 aliphatic carbocycles. The van der Waals surface area contributed by atoms with Gasteiger partial charge in [-0.3, -0.25) is 4.79 Å². The van der Waals surface area contributed by atoms with E-state index >= 15 is 0 Å². The average Bonchev–Trinajstić information content (AvgIpc) is 2.86. The molecule has 0 saturated heterocycles. The van der Waals surface area contributed by atoms with Crippen LogP contribution in [-0.4, -0.2) is 11.5 Å². The van der Waals surface area contributed by atoms with Crippen LogP contribution >= 0.6 is 12.6 Å². The summed E-state index contributed by atoms with van der Waals surface area (Å²) in [5.41, 5.74) is 0.275. The molecule has 0 unspecified atom stereocenters. The highest BCUT2D eigenvalue weighted by Crippen LogP contribution is 2.45. The van der Waals surface area contributed by atoms with Gasteiger partial charge in [-0.05, 0) is 48.6 Å². The Morgan fingerprint density at radius 3 is 2.12 bits per heavy atom. The second kappa shape index (κ2) is 13.6. The second-order valence-electron chi connectivity index (χ2n) is 10.4. The molecule has 2 aliphatic rings. The van der Waals surface area contributed by atoms with Crippen LogP contribution < -0.4 is 0 Å². The standard InChI is InChI=1S/C30H42F2OS/c1-2-3-4-5-6-7-8-9-12-23-15-17-24(18-16-23)26-13-10-11-14-27(26)30(29(31)32)21-19-25(20-22-30)28(33)34/h10-11,13-14,19-25,29H,2-9,12,15-18H2,1H3,(H,33,34)/t23-,24-,25?,30?. The Kier molecular flexibility index (Phi) is 10.9. The average molecular weight is 489 g/mol. The largest absolute Gasteiger partial charge is 0.286 e. The summed E-state index contributed by atoms with van der Waals surface area (Å²) in [6.45, 7) is 2.26. The first kappa shape index (κ1) is 27.2. The van der Waals surface area contributed by atoms with Crippen LogP contribution in [0.25, 0.3) is 0 Å². The number of hydrogen-bond donors (Lipinski definition) is 1.